The van der Waals surface area contributed by atoms with Crippen LogP contribution in [-0.2, 0) is 6.54 Å². The number of nitrogens with two attached hydrogens (primary N) is 1. The van der Waals surface area contributed by atoms with Gasteiger partial charge in [0.25, 0.3) is 0 Å². The number of aromatic nitrogens is 3. The van der Waals surface area contributed by atoms with Gasteiger partial charge in [-0.2, -0.15) is 0 Å². The van der Waals surface area contributed by atoms with Gasteiger partial charge < -0.3 is 5.73 Å². The number of hydrogen-bond donors (Lipinski definition) is 1. The Labute approximate surface area is 99.2 Å². The molecule has 0 fully saturated rings. The highest BCUT2D eigenvalue weighted by Crippen LogP contribution is 2.20. The molecule has 0 atom stereocenters. The summed E-state index contributed by atoms with van der Waals surface area (Å²) in [6.07, 6.45) is 0. The molecule has 1 aromatic heterocycles. The average Bonchev–Trinajstić information content (AvgIpc) is 2.59. The summed E-state index contributed by atoms with van der Waals surface area (Å²) in [5.41, 5.74) is 7.49. The molecule has 0 amide bonds. The van der Waals surface area contributed by atoms with Crippen LogP contribution in [0.5, 0.6) is 0 Å². The minimum Gasteiger partial charge on any atom is -0.381 e. The molecule has 5 heteroatoms. The molecule has 0 aliphatic rings. The summed E-state index contributed by atoms with van der Waals surface area (Å²) in [6, 6.07) is 6.44. The maximum atomic E-state index is 13.1. The van der Waals surface area contributed by atoms with E-state index in [0.29, 0.717) is 12.4 Å². The highest BCUT2D eigenvalue weighted by Gasteiger charge is 2.13. The third-order valence-electron chi connectivity index (χ3n) is 2.57. The maximum absolute atomic E-state index is 13.1. The molecule has 2 aromatic rings. The molecule has 1 aromatic carbocycles. The third-order valence-corrected chi connectivity index (χ3v) is 2.57. The summed E-state index contributed by atoms with van der Waals surface area (Å²) in [5.74, 6) is 0.427. The third kappa shape index (κ3) is 2.43. The molecular formula is C12H15FN4. The van der Waals surface area contributed by atoms with E-state index in [9.17, 15) is 4.39 Å². The van der Waals surface area contributed by atoms with Crippen molar-refractivity contribution in [3.8, 4) is 0 Å². The van der Waals surface area contributed by atoms with Crippen molar-refractivity contribution in [2.24, 2.45) is 0 Å². The van der Waals surface area contributed by atoms with Gasteiger partial charge in [-0.05, 0) is 23.6 Å². The summed E-state index contributed by atoms with van der Waals surface area (Å²) in [4.78, 5) is 0. The number of halogens is 1. The standard InChI is InChI=1S/C12H15FN4/c1-8(2)11-12(14)15-16-17(11)7-9-4-3-5-10(13)6-9/h3-6,8H,7,14H2,1-2H3. The highest BCUT2D eigenvalue weighted by atomic mass is 19.1. The molecule has 4 nitrogen and oxygen atoms in total. The predicted octanol–water partition coefficient (Wildman–Crippen LogP) is 2.17. The lowest BCUT2D eigenvalue weighted by atomic mass is 10.1. The second kappa shape index (κ2) is 4.53. The molecule has 1 heterocycles. The van der Waals surface area contributed by atoms with Crippen LogP contribution in [-0.4, -0.2) is 15.0 Å². The number of benzene rings is 1. The lowest BCUT2D eigenvalue weighted by Crippen LogP contribution is -2.09. The predicted molar refractivity (Wildman–Crippen MR) is 64.0 cm³/mol. The summed E-state index contributed by atoms with van der Waals surface area (Å²) in [5, 5.41) is 7.83. The first-order chi connectivity index (χ1) is 8.08. The van der Waals surface area contributed by atoms with Crippen molar-refractivity contribution < 1.29 is 4.39 Å². The van der Waals surface area contributed by atoms with Crippen LogP contribution in [0.1, 0.15) is 31.0 Å². The van der Waals surface area contributed by atoms with Crippen molar-refractivity contribution in [1.29, 1.82) is 0 Å². The topological polar surface area (TPSA) is 56.7 Å². The number of rotatable bonds is 3. The van der Waals surface area contributed by atoms with E-state index in [1.807, 2.05) is 19.9 Å². The van der Waals surface area contributed by atoms with Crippen molar-refractivity contribution >= 4 is 5.82 Å². The van der Waals surface area contributed by atoms with Crippen LogP contribution in [0.4, 0.5) is 10.2 Å². The van der Waals surface area contributed by atoms with E-state index in [1.54, 1.807) is 10.7 Å². The summed E-state index contributed by atoms with van der Waals surface area (Å²) in [6.45, 7) is 4.53. The van der Waals surface area contributed by atoms with Gasteiger partial charge in [-0.25, -0.2) is 9.07 Å². The second-order valence-corrected chi connectivity index (χ2v) is 4.30. The molecule has 0 aliphatic carbocycles. The number of nitrogens with zero attached hydrogens (tertiary/aromatic N) is 3. The first kappa shape index (κ1) is 11.6. The lowest BCUT2D eigenvalue weighted by molar-refractivity contribution is 0.589. The van der Waals surface area contributed by atoms with Crippen LogP contribution in [0.3, 0.4) is 0 Å². The van der Waals surface area contributed by atoms with Gasteiger partial charge >= 0.3 is 0 Å². The first-order valence-corrected chi connectivity index (χ1v) is 5.51. The Morgan fingerprint density at radius 2 is 2.18 bits per heavy atom. The lowest BCUT2D eigenvalue weighted by Gasteiger charge is -2.09. The molecule has 17 heavy (non-hydrogen) atoms. The van der Waals surface area contributed by atoms with Gasteiger partial charge in [0.05, 0.1) is 12.2 Å². The largest absolute Gasteiger partial charge is 0.381 e. The number of hydrogen-bond acceptors (Lipinski definition) is 3. The van der Waals surface area contributed by atoms with E-state index < -0.39 is 0 Å². The van der Waals surface area contributed by atoms with Gasteiger partial charge in [0.2, 0.25) is 0 Å². The van der Waals surface area contributed by atoms with E-state index in [-0.39, 0.29) is 11.7 Å². The fourth-order valence-electron chi connectivity index (χ4n) is 1.85. The fraction of sp³-hybridized carbons (Fsp3) is 0.333. The highest BCUT2D eigenvalue weighted by molar-refractivity contribution is 5.35. The minimum absolute atomic E-state index is 0.235. The molecule has 0 spiro atoms. The fourth-order valence-corrected chi connectivity index (χ4v) is 1.85. The monoisotopic (exact) mass is 234 g/mol. The zero-order valence-corrected chi connectivity index (χ0v) is 9.89. The molecule has 90 valence electrons. The minimum atomic E-state index is -0.248. The van der Waals surface area contributed by atoms with Crippen molar-refractivity contribution in [3.63, 3.8) is 0 Å². The van der Waals surface area contributed by atoms with E-state index in [4.69, 9.17) is 5.73 Å². The molecule has 0 aliphatic heterocycles. The average molecular weight is 234 g/mol. The zero-order valence-electron chi connectivity index (χ0n) is 9.89. The molecular weight excluding hydrogens is 219 g/mol. The quantitative estimate of drug-likeness (QED) is 0.885. The Balaban J connectivity index is 2.30. The second-order valence-electron chi connectivity index (χ2n) is 4.30. The Kier molecular flexibility index (Phi) is 3.08. The molecule has 0 unspecified atom stereocenters. The molecule has 0 saturated heterocycles. The van der Waals surface area contributed by atoms with Gasteiger partial charge in [0.15, 0.2) is 5.82 Å². The molecule has 0 bridgehead atoms. The van der Waals surface area contributed by atoms with Gasteiger partial charge in [-0.15, -0.1) is 5.10 Å². The van der Waals surface area contributed by atoms with Crippen molar-refractivity contribution in [2.45, 2.75) is 26.3 Å². The van der Waals surface area contributed by atoms with Crippen molar-refractivity contribution in [3.05, 3.63) is 41.3 Å². The maximum Gasteiger partial charge on any atom is 0.169 e. The Morgan fingerprint density at radius 3 is 2.82 bits per heavy atom. The van der Waals surface area contributed by atoms with Crippen LogP contribution in [0.25, 0.3) is 0 Å². The van der Waals surface area contributed by atoms with E-state index in [0.717, 1.165) is 11.3 Å². The van der Waals surface area contributed by atoms with Crippen LogP contribution in [0.2, 0.25) is 0 Å². The van der Waals surface area contributed by atoms with Gasteiger partial charge in [-0.1, -0.05) is 31.2 Å². The van der Waals surface area contributed by atoms with Crippen LogP contribution >= 0.6 is 0 Å². The number of anilines is 1. The Hall–Kier alpha value is -1.91. The van der Waals surface area contributed by atoms with Gasteiger partial charge in [0, 0.05) is 0 Å². The van der Waals surface area contributed by atoms with E-state index in [1.165, 1.54) is 12.1 Å². The van der Waals surface area contributed by atoms with Crippen LogP contribution < -0.4 is 5.73 Å². The van der Waals surface area contributed by atoms with Crippen molar-refractivity contribution in [1.82, 2.24) is 15.0 Å². The first-order valence-electron chi connectivity index (χ1n) is 5.51. The van der Waals surface area contributed by atoms with Gasteiger partial charge in [-0.3, -0.25) is 0 Å². The van der Waals surface area contributed by atoms with E-state index >= 15 is 0 Å². The SMILES string of the molecule is CC(C)c1c(N)nnn1Cc1cccc(F)c1. The Bertz CT molecular complexity index is 519. The summed E-state index contributed by atoms with van der Waals surface area (Å²) in [7, 11) is 0. The molecule has 2 N–H and O–H groups in total. The van der Waals surface area contributed by atoms with Gasteiger partial charge in [0.1, 0.15) is 5.82 Å². The zero-order chi connectivity index (χ0) is 12.4. The normalized spacial score (nSPS) is 11.1. The summed E-state index contributed by atoms with van der Waals surface area (Å²) < 4.78 is 14.8. The summed E-state index contributed by atoms with van der Waals surface area (Å²) >= 11 is 0. The molecule has 0 radical (unpaired) electrons. The van der Waals surface area contributed by atoms with Crippen LogP contribution in [0.15, 0.2) is 24.3 Å². The smallest absolute Gasteiger partial charge is 0.169 e. The molecule has 0 saturated carbocycles. The number of nitrogen functional groups attached to an aromatic ring is 1. The van der Waals surface area contributed by atoms with Crippen molar-refractivity contribution in [2.75, 3.05) is 5.73 Å². The Morgan fingerprint density at radius 1 is 1.41 bits per heavy atom. The van der Waals surface area contributed by atoms with E-state index in [2.05, 4.69) is 10.3 Å². The van der Waals surface area contributed by atoms with Crippen LogP contribution in [0, 0.1) is 5.82 Å². The molecule has 2 rings (SSSR count).